The van der Waals surface area contributed by atoms with Gasteiger partial charge in [0.25, 0.3) is 0 Å². The Morgan fingerprint density at radius 3 is 3.00 bits per heavy atom. The van der Waals surface area contributed by atoms with Gasteiger partial charge in [-0.1, -0.05) is 6.07 Å². The van der Waals surface area contributed by atoms with Gasteiger partial charge in [-0.05, 0) is 44.4 Å². The number of nitrogen functional groups attached to an aromatic ring is 1. The van der Waals surface area contributed by atoms with Crippen molar-refractivity contribution in [3.63, 3.8) is 0 Å². The standard InChI is InChI=1S/C14H22N2O/c1-2-16(9-8-14-7-4-10-17-14)13-6-3-5-12(15)11-13/h3,5-6,11,14H,2,4,7-10,15H2,1H3. The summed E-state index contributed by atoms with van der Waals surface area (Å²) in [6.07, 6.45) is 4.01. The largest absolute Gasteiger partial charge is 0.399 e. The van der Waals surface area contributed by atoms with Crippen LogP contribution in [0, 0.1) is 0 Å². The van der Waals surface area contributed by atoms with E-state index in [0.29, 0.717) is 6.10 Å². The van der Waals surface area contributed by atoms with Crippen molar-refractivity contribution >= 4 is 11.4 Å². The lowest BCUT2D eigenvalue weighted by Gasteiger charge is -2.24. The number of nitrogens with two attached hydrogens (primary N) is 1. The van der Waals surface area contributed by atoms with E-state index in [9.17, 15) is 0 Å². The summed E-state index contributed by atoms with van der Waals surface area (Å²) < 4.78 is 5.66. The minimum atomic E-state index is 0.463. The van der Waals surface area contributed by atoms with E-state index in [1.54, 1.807) is 0 Å². The minimum Gasteiger partial charge on any atom is -0.399 e. The molecule has 1 aliphatic heterocycles. The Balaban J connectivity index is 1.91. The molecule has 3 nitrogen and oxygen atoms in total. The lowest BCUT2D eigenvalue weighted by molar-refractivity contribution is 0.106. The molecule has 1 aliphatic rings. The van der Waals surface area contributed by atoms with Crippen LogP contribution in [0.15, 0.2) is 24.3 Å². The van der Waals surface area contributed by atoms with Crippen LogP contribution in [0.4, 0.5) is 11.4 Å². The lowest BCUT2D eigenvalue weighted by atomic mass is 10.1. The van der Waals surface area contributed by atoms with Gasteiger partial charge in [-0.2, -0.15) is 0 Å². The van der Waals surface area contributed by atoms with Crippen molar-refractivity contribution in [1.82, 2.24) is 0 Å². The zero-order valence-electron chi connectivity index (χ0n) is 10.6. The van der Waals surface area contributed by atoms with E-state index in [0.717, 1.165) is 31.8 Å². The Labute approximate surface area is 104 Å². The van der Waals surface area contributed by atoms with E-state index in [1.165, 1.54) is 18.5 Å². The summed E-state index contributed by atoms with van der Waals surface area (Å²) in [4.78, 5) is 2.36. The van der Waals surface area contributed by atoms with Crippen LogP contribution in [0.25, 0.3) is 0 Å². The summed E-state index contributed by atoms with van der Waals surface area (Å²) in [6.45, 7) is 5.18. The predicted molar refractivity (Wildman–Crippen MR) is 72.3 cm³/mol. The molecule has 1 fully saturated rings. The molecule has 0 amide bonds. The normalized spacial score (nSPS) is 19.5. The topological polar surface area (TPSA) is 38.5 Å². The quantitative estimate of drug-likeness (QED) is 0.796. The molecule has 0 radical (unpaired) electrons. The first kappa shape index (κ1) is 12.2. The number of hydrogen-bond donors (Lipinski definition) is 1. The Bertz CT molecular complexity index is 348. The highest BCUT2D eigenvalue weighted by atomic mass is 16.5. The number of hydrogen-bond acceptors (Lipinski definition) is 3. The SMILES string of the molecule is CCN(CCC1CCCO1)c1cccc(N)c1. The number of nitrogens with zero attached hydrogens (tertiary/aromatic N) is 1. The molecule has 1 aromatic carbocycles. The third-order valence-electron chi connectivity index (χ3n) is 3.36. The summed E-state index contributed by atoms with van der Waals surface area (Å²) in [7, 11) is 0. The molecule has 1 atom stereocenters. The summed E-state index contributed by atoms with van der Waals surface area (Å²) >= 11 is 0. The second-order valence-corrected chi connectivity index (χ2v) is 4.60. The number of anilines is 2. The number of ether oxygens (including phenoxy) is 1. The Kier molecular flexibility index (Phi) is 4.26. The van der Waals surface area contributed by atoms with Gasteiger partial charge in [0.1, 0.15) is 0 Å². The van der Waals surface area contributed by atoms with Crippen molar-refractivity contribution in [2.24, 2.45) is 0 Å². The third kappa shape index (κ3) is 3.37. The molecule has 94 valence electrons. The molecule has 0 aromatic heterocycles. The fourth-order valence-electron chi connectivity index (χ4n) is 2.36. The summed E-state index contributed by atoms with van der Waals surface area (Å²) in [5, 5.41) is 0. The monoisotopic (exact) mass is 234 g/mol. The van der Waals surface area contributed by atoms with Gasteiger partial charge in [-0.15, -0.1) is 0 Å². The molecule has 1 saturated heterocycles. The molecule has 0 bridgehead atoms. The van der Waals surface area contributed by atoms with Gasteiger partial charge in [0.2, 0.25) is 0 Å². The molecule has 0 aliphatic carbocycles. The number of rotatable bonds is 5. The van der Waals surface area contributed by atoms with Crippen LogP contribution in [0.1, 0.15) is 26.2 Å². The van der Waals surface area contributed by atoms with Gasteiger partial charge in [-0.25, -0.2) is 0 Å². The van der Waals surface area contributed by atoms with Crippen molar-refractivity contribution in [3.05, 3.63) is 24.3 Å². The second-order valence-electron chi connectivity index (χ2n) is 4.60. The third-order valence-corrected chi connectivity index (χ3v) is 3.36. The zero-order valence-corrected chi connectivity index (χ0v) is 10.6. The molecule has 1 aromatic rings. The molecular formula is C14H22N2O. The van der Waals surface area contributed by atoms with Gasteiger partial charge in [0.05, 0.1) is 6.10 Å². The summed E-state index contributed by atoms with van der Waals surface area (Å²) in [5.74, 6) is 0. The zero-order chi connectivity index (χ0) is 12.1. The van der Waals surface area contributed by atoms with Crippen molar-refractivity contribution in [3.8, 4) is 0 Å². The lowest BCUT2D eigenvalue weighted by Crippen LogP contribution is -2.26. The van der Waals surface area contributed by atoms with Crippen LogP contribution in [-0.4, -0.2) is 25.8 Å². The maximum Gasteiger partial charge on any atom is 0.0592 e. The molecule has 2 N–H and O–H groups in total. The number of benzene rings is 1. The van der Waals surface area contributed by atoms with Gasteiger partial charge >= 0.3 is 0 Å². The van der Waals surface area contributed by atoms with Crippen LogP contribution in [0.2, 0.25) is 0 Å². The Morgan fingerprint density at radius 2 is 2.35 bits per heavy atom. The predicted octanol–water partition coefficient (Wildman–Crippen LogP) is 2.66. The molecule has 1 unspecified atom stereocenters. The first-order valence-electron chi connectivity index (χ1n) is 6.51. The highest BCUT2D eigenvalue weighted by Gasteiger charge is 2.16. The molecule has 17 heavy (non-hydrogen) atoms. The molecular weight excluding hydrogens is 212 g/mol. The van der Waals surface area contributed by atoms with Crippen molar-refractivity contribution in [1.29, 1.82) is 0 Å². The van der Waals surface area contributed by atoms with Gasteiger partial charge in [-0.3, -0.25) is 0 Å². The van der Waals surface area contributed by atoms with Crippen LogP contribution in [0.5, 0.6) is 0 Å². The Morgan fingerprint density at radius 1 is 1.47 bits per heavy atom. The van der Waals surface area contributed by atoms with Gasteiger partial charge in [0, 0.05) is 31.1 Å². The first-order valence-corrected chi connectivity index (χ1v) is 6.51. The average molecular weight is 234 g/mol. The van der Waals surface area contributed by atoms with Crippen molar-refractivity contribution in [2.75, 3.05) is 30.3 Å². The van der Waals surface area contributed by atoms with Crippen LogP contribution >= 0.6 is 0 Å². The minimum absolute atomic E-state index is 0.463. The van der Waals surface area contributed by atoms with E-state index in [1.807, 2.05) is 18.2 Å². The molecule has 1 heterocycles. The first-order chi connectivity index (χ1) is 8.29. The van der Waals surface area contributed by atoms with E-state index in [2.05, 4.69) is 17.9 Å². The molecule has 0 spiro atoms. The van der Waals surface area contributed by atoms with E-state index in [4.69, 9.17) is 10.5 Å². The van der Waals surface area contributed by atoms with E-state index < -0.39 is 0 Å². The summed E-state index contributed by atoms with van der Waals surface area (Å²) in [6, 6.07) is 8.10. The maximum absolute atomic E-state index is 5.82. The summed E-state index contributed by atoms with van der Waals surface area (Å²) in [5.41, 5.74) is 7.86. The molecule has 0 saturated carbocycles. The van der Waals surface area contributed by atoms with Crippen molar-refractivity contribution in [2.45, 2.75) is 32.3 Å². The van der Waals surface area contributed by atoms with E-state index >= 15 is 0 Å². The smallest absolute Gasteiger partial charge is 0.0592 e. The fraction of sp³-hybridized carbons (Fsp3) is 0.571. The van der Waals surface area contributed by atoms with Crippen molar-refractivity contribution < 1.29 is 4.74 Å². The highest BCUT2D eigenvalue weighted by molar-refractivity contribution is 5.55. The maximum atomic E-state index is 5.82. The van der Waals surface area contributed by atoms with E-state index in [-0.39, 0.29) is 0 Å². The van der Waals surface area contributed by atoms with Gasteiger partial charge in [0.15, 0.2) is 0 Å². The van der Waals surface area contributed by atoms with Crippen LogP contribution in [0.3, 0.4) is 0 Å². The van der Waals surface area contributed by atoms with Crippen LogP contribution in [-0.2, 0) is 4.74 Å². The fourth-order valence-corrected chi connectivity index (χ4v) is 2.36. The molecule has 2 rings (SSSR count). The Hall–Kier alpha value is -1.22. The van der Waals surface area contributed by atoms with Gasteiger partial charge < -0.3 is 15.4 Å². The average Bonchev–Trinajstić information content (AvgIpc) is 2.83. The second kappa shape index (κ2) is 5.92. The highest BCUT2D eigenvalue weighted by Crippen LogP contribution is 2.20. The molecule has 3 heteroatoms. The van der Waals surface area contributed by atoms with Crippen LogP contribution < -0.4 is 10.6 Å².